The lowest BCUT2D eigenvalue weighted by atomic mass is 10.1. The molecule has 4 aromatic rings. The second kappa shape index (κ2) is 7.82. The van der Waals surface area contributed by atoms with Crippen LogP contribution in [-0.4, -0.2) is 32.8 Å². The predicted molar refractivity (Wildman–Crippen MR) is 109 cm³/mol. The lowest BCUT2D eigenvalue weighted by Crippen LogP contribution is -2.00. The first kappa shape index (κ1) is 18.2. The highest BCUT2D eigenvalue weighted by Gasteiger charge is 2.12. The Labute approximate surface area is 166 Å². The molecule has 0 saturated heterocycles. The van der Waals surface area contributed by atoms with Gasteiger partial charge in [-0.05, 0) is 42.0 Å². The van der Waals surface area contributed by atoms with Crippen molar-refractivity contribution in [3.63, 3.8) is 0 Å². The Hall–Kier alpha value is -3.19. The van der Waals surface area contributed by atoms with E-state index in [1.165, 1.54) is 7.11 Å². The van der Waals surface area contributed by atoms with E-state index in [-0.39, 0.29) is 5.97 Å². The first-order valence-corrected chi connectivity index (χ1v) is 9.69. The maximum absolute atomic E-state index is 11.5. The number of methoxy groups -OCH3 is 1. The molecule has 28 heavy (non-hydrogen) atoms. The molecule has 0 saturated carbocycles. The van der Waals surface area contributed by atoms with Crippen molar-refractivity contribution in [2.24, 2.45) is 7.05 Å². The normalized spacial score (nSPS) is 10.9. The average Bonchev–Trinajstić information content (AvgIpc) is 3.12. The van der Waals surface area contributed by atoms with Crippen molar-refractivity contribution in [1.82, 2.24) is 19.7 Å². The summed E-state index contributed by atoms with van der Waals surface area (Å²) < 4.78 is 6.71. The molecule has 0 atom stereocenters. The number of fused-ring (bicyclic) bond motifs is 1. The van der Waals surface area contributed by atoms with Gasteiger partial charge in [0.1, 0.15) is 0 Å². The van der Waals surface area contributed by atoms with Gasteiger partial charge in [-0.25, -0.2) is 4.79 Å². The number of benzene rings is 2. The van der Waals surface area contributed by atoms with Crippen molar-refractivity contribution < 1.29 is 9.53 Å². The smallest absolute Gasteiger partial charge is 0.337 e. The summed E-state index contributed by atoms with van der Waals surface area (Å²) in [7, 11) is 3.34. The maximum atomic E-state index is 11.5. The van der Waals surface area contributed by atoms with Gasteiger partial charge >= 0.3 is 5.97 Å². The Morgan fingerprint density at radius 2 is 1.93 bits per heavy atom. The highest BCUT2D eigenvalue weighted by atomic mass is 32.2. The van der Waals surface area contributed by atoms with E-state index >= 15 is 0 Å². The molecule has 140 valence electrons. The molecule has 0 aliphatic heterocycles. The van der Waals surface area contributed by atoms with Gasteiger partial charge in [-0.3, -0.25) is 4.98 Å². The molecular weight excluding hydrogens is 372 g/mol. The van der Waals surface area contributed by atoms with Crippen LogP contribution in [0.2, 0.25) is 0 Å². The Balaban J connectivity index is 1.51. The van der Waals surface area contributed by atoms with Gasteiger partial charge in [-0.2, -0.15) is 0 Å². The number of esters is 1. The van der Waals surface area contributed by atoms with E-state index in [1.54, 1.807) is 30.1 Å². The molecule has 0 N–H and O–H groups in total. The molecule has 2 aromatic heterocycles. The van der Waals surface area contributed by atoms with Crippen LogP contribution in [0.1, 0.15) is 15.9 Å². The predicted octanol–water partition coefficient (Wildman–Crippen LogP) is 4.11. The third kappa shape index (κ3) is 3.61. The van der Waals surface area contributed by atoms with E-state index in [2.05, 4.69) is 21.2 Å². The van der Waals surface area contributed by atoms with Crippen molar-refractivity contribution >= 4 is 28.6 Å². The number of hydrogen-bond acceptors (Lipinski definition) is 6. The first-order valence-electron chi connectivity index (χ1n) is 8.70. The second-order valence-electron chi connectivity index (χ2n) is 6.25. The third-order valence-corrected chi connectivity index (χ3v) is 5.53. The van der Waals surface area contributed by atoms with Crippen molar-refractivity contribution in [2.75, 3.05) is 7.11 Å². The quantitative estimate of drug-likeness (QED) is 0.377. The van der Waals surface area contributed by atoms with Gasteiger partial charge in [0.25, 0.3) is 0 Å². The molecule has 0 unspecified atom stereocenters. The van der Waals surface area contributed by atoms with Crippen LogP contribution >= 0.6 is 11.8 Å². The van der Waals surface area contributed by atoms with Crippen LogP contribution in [0.5, 0.6) is 0 Å². The summed E-state index contributed by atoms with van der Waals surface area (Å²) in [6.07, 6.45) is 1.79. The Bertz CT molecular complexity index is 1140. The van der Waals surface area contributed by atoms with Crippen LogP contribution in [0, 0.1) is 0 Å². The monoisotopic (exact) mass is 390 g/mol. The fourth-order valence-corrected chi connectivity index (χ4v) is 3.78. The Morgan fingerprint density at radius 1 is 1.11 bits per heavy atom. The number of thioether (sulfide) groups is 1. The van der Waals surface area contributed by atoms with E-state index in [9.17, 15) is 4.79 Å². The Morgan fingerprint density at radius 3 is 2.71 bits per heavy atom. The summed E-state index contributed by atoms with van der Waals surface area (Å²) in [4.78, 5) is 15.9. The van der Waals surface area contributed by atoms with Crippen LogP contribution in [-0.2, 0) is 17.5 Å². The summed E-state index contributed by atoms with van der Waals surface area (Å²) in [5.74, 6) is 1.21. The number of carbonyl (C=O) groups is 1. The minimum absolute atomic E-state index is 0.331. The highest BCUT2D eigenvalue weighted by Crippen LogP contribution is 2.27. The van der Waals surface area contributed by atoms with Gasteiger partial charge in [0.05, 0.1) is 18.2 Å². The zero-order valence-corrected chi connectivity index (χ0v) is 16.3. The number of pyridine rings is 1. The number of rotatable bonds is 5. The molecule has 0 aliphatic rings. The van der Waals surface area contributed by atoms with Crippen molar-refractivity contribution in [1.29, 1.82) is 0 Å². The molecule has 0 fully saturated rings. The summed E-state index contributed by atoms with van der Waals surface area (Å²) >= 11 is 1.60. The van der Waals surface area contributed by atoms with Crippen LogP contribution in [0.25, 0.3) is 22.3 Å². The zero-order valence-electron chi connectivity index (χ0n) is 15.5. The van der Waals surface area contributed by atoms with Crippen LogP contribution in [0.4, 0.5) is 0 Å². The van der Waals surface area contributed by atoms with Crippen molar-refractivity contribution in [3.8, 4) is 11.4 Å². The summed E-state index contributed by atoms with van der Waals surface area (Å²) in [5.41, 5.74) is 3.60. The maximum Gasteiger partial charge on any atom is 0.337 e. The second-order valence-corrected chi connectivity index (χ2v) is 7.20. The molecule has 2 aromatic carbocycles. The molecule has 0 radical (unpaired) electrons. The van der Waals surface area contributed by atoms with Gasteiger partial charge in [0, 0.05) is 29.9 Å². The standard InChI is InChI=1S/C21H18N4O2S/c1-25-19(17-9-10-18-16(12-17)4-3-11-22-18)23-24-21(25)28-13-14-5-7-15(8-6-14)20(26)27-2/h3-12H,13H2,1-2H3. The van der Waals surface area contributed by atoms with Gasteiger partial charge < -0.3 is 9.30 Å². The van der Waals surface area contributed by atoms with Gasteiger partial charge in [-0.15, -0.1) is 10.2 Å². The SMILES string of the molecule is COC(=O)c1ccc(CSc2nnc(-c3ccc4ncccc4c3)n2C)cc1. The van der Waals surface area contributed by atoms with Crippen molar-refractivity contribution in [3.05, 3.63) is 71.9 Å². The van der Waals surface area contributed by atoms with E-state index in [0.29, 0.717) is 5.56 Å². The van der Waals surface area contributed by atoms with Crippen LogP contribution in [0.15, 0.2) is 66.0 Å². The number of ether oxygens (including phenoxy) is 1. The molecule has 4 rings (SSSR count). The van der Waals surface area contributed by atoms with E-state index in [0.717, 1.165) is 38.8 Å². The largest absolute Gasteiger partial charge is 0.465 e. The molecule has 0 spiro atoms. The van der Waals surface area contributed by atoms with E-state index in [4.69, 9.17) is 4.74 Å². The Kier molecular flexibility index (Phi) is 5.08. The fourth-order valence-electron chi connectivity index (χ4n) is 2.91. The molecule has 0 amide bonds. The number of aromatic nitrogens is 4. The van der Waals surface area contributed by atoms with Gasteiger partial charge in [0.2, 0.25) is 0 Å². The summed E-state index contributed by atoms with van der Waals surface area (Å²) in [6, 6.07) is 17.4. The van der Waals surface area contributed by atoms with Crippen LogP contribution in [0.3, 0.4) is 0 Å². The first-order chi connectivity index (χ1) is 13.7. The van der Waals surface area contributed by atoms with Gasteiger partial charge in [0.15, 0.2) is 11.0 Å². The van der Waals surface area contributed by atoms with Crippen molar-refractivity contribution in [2.45, 2.75) is 10.9 Å². The summed E-state index contributed by atoms with van der Waals surface area (Å²) in [6.45, 7) is 0. The third-order valence-electron chi connectivity index (χ3n) is 4.44. The highest BCUT2D eigenvalue weighted by molar-refractivity contribution is 7.98. The van der Waals surface area contributed by atoms with Crippen LogP contribution < -0.4 is 0 Å². The lowest BCUT2D eigenvalue weighted by Gasteiger charge is -2.06. The zero-order chi connectivity index (χ0) is 19.5. The summed E-state index contributed by atoms with van der Waals surface area (Å²) in [5, 5.41) is 10.6. The lowest BCUT2D eigenvalue weighted by molar-refractivity contribution is 0.0600. The molecule has 6 nitrogen and oxygen atoms in total. The molecular formula is C21H18N4O2S. The van der Waals surface area contributed by atoms with E-state index < -0.39 is 0 Å². The fraction of sp³-hybridized carbons (Fsp3) is 0.143. The molecule has 0 aliphatic carbocycles. The number of nitrogens with zero attached hydrogens (tertiary/aromatic N) is 4. The number of carbonyl (C=O) groups excluding carboxylic acids is 1. The number of hydrogen-bond donors (Lipinski definition) is 0. The minimum atomic E-state index is -0.331. The minimum Gasteiger partial charge on any atom is -0.465 e. The van der Waals surface area contributed by atoms with E-state index in [1.807, 2.05) is 48.0 Å². The molecule has 2 heterocycles. The average molecular weight is 390 g/mol. The van der Waals surface area contributed by atoms with Gasteiger partial charge in [-0.1, -0.05) is 30.0 Å². The molecule has 7 heteroatoms. The molecule has 0 bridgehead atoms. The topological polar surface area (TPSA) is 69.9 Å².